The van der Waals surface area contributed by atoms with Gasteiger partial charge in [0, 0.05) is 20.7 Å². The van der Waals surface area contributed by atoms with Gasteiger partial charge in [-0.25, -0.2) is 9.37 Å². The highest BCUT2D eigenvalue weighted by atomic mass is 35.5. The van der Waals surface area contributed by atoms with Crippen molar-refractivity contribution in [3.05, 3.63) is 55.8 Å². The fourth-order valence-electron chi connectivity index (χ4n) is 2.18. The molecule has 0 aliphatic carbocycles. The van der Waals surface area contributed by atoms with Crippen LogP contribution in [-0.4, -0.2) is 10.9 Å². The predicted molar refractivity (Wildman–Crippen MR) is 94.3 cm³/mol. The summed E-state index contributed by atoms with van der Waals surface area (Å²) in [6, 6.07) is 5.75. The van der Waals surface area contributed by atoms with E-state index in [4.69, 9.17) is 11.6 Å². The van der Waals surface area contributed by atoms with Gasteiger partial charge in [0.2, 0.25) is 0 Å². The van der Waals surface area contributed by atoms with Crippen molar-refractivity contribution in [2.24, 2.45) is 0 Å². The number of anilines is 1. The Labute approximate surface area is 145 Å². The van der Waals surface area contributed by atoms with Crippen LogP contribution in [0, 0.1) is 19.7 Å². The number of hydrogen-bond acceptors (Lipinski definition) is 4. The van der Waals surface area contributed by atoms with Gasteiger partial charge >= 0.3 is 0 Å². The molecule has 0 saturated carbocycles. The van der Waals surface area contributed by atoms with Crippen LogP contribution in [0.2, 0.25) is 5.02 Å². The average molecular weight is 367 g/mol. The molecule has 3 nitrogen and oxygen atoms in total. The van der Waals surface area contributed by atoms with Crippen molar-refractivity contribution in [1.29, 1.82) is 0 Å². The molecule has 0 atom stereocenters. The van der Waals surface area contributed by atoms with Crippen LogP contribution in [0.15, 0.2) is 29.6 Å². The number of rotatable bonds is 3. The van der Waals surface area contributed by atoms with Crippen molar-refractivity contribution in [2.45, 2.75) is 13.8 Å². The summed E-state index contributed by atoms with van der Waals surface area (Å²) in [5, 5.41) is 5.15. The number of nitrogens with zero attached hydrogens (tertiary/aromatic N) is 1. The molecule has 1 amide bonds. The summed E-state index contributed by atoms with van der Waals surface area (Å²) in [6.07, 6.45) is 0. The zero-order valence-electron chi connectivity index (χ0n) is 12.3. The van der Waals surface area contributed by atoms with E-state index in [0.29, 0.717) is 5.13 Å². The molecule has 0 fully saturated rings. The van der Waals surface area contributed by atoms with Gasteiger partial charge in [-0.05, 0) is 38.1 Å². The van der Waals surface area contributed by atoms with E-state index in [0.717, 1.165) is 17.3 Å². The van der Waals surface area contributed by atoms with Crippen molar-refractivity contribution in [3.8, 4) is 11.3 Å². The molecule has 0 unspecified atom stereocenters. The Morgan fingerprint density at radius 1 is 1.30 bits per heavy atom. The van der Waals surface area contributed by atoms with E-state index in [1.807, 2.05) is 19.2 Å². The number of amides is 1. The van der Waals surface area contributed by atoms with Gasteiger partial charge in [-0.1, -0.05) is 11.6 Å². The Morgan fingerprint density at radius 3 is 2.74 bits per heavy atom. The standard InChI is InChI=1S/C16H12ClFN2OS2/c1-8-5-12(9(2)23-8)14-7-22-16(19-14)20-15(21)11-4-3-10(18)6-13(11)17/h3-7H,1-2H3,(H,19,20,21). The molecule has 0 radical (unpaired) electrons. The fraction of sp³-hybridized carbons (Fsp3) is 0.125. The predicted octanol–water partition coefficient (Wildman–Crippen LogP) is 5.53. The Kier molecular flexibility index (Phi) is 4.48. The van der Waals surface area contributed by atoms with E-state index in [9.17, 15) is 9.18 Å². The van der Waals surface area contributed by atoms with E-state index < -0.39 is 11.7 Å². The highest BCUT2D eigenvalue weighted by molar-refractivity contribution is 7.14. The lowest BCUT2D eigenvalue weighted by atomic mass is 10.2. The number of nitrogens with one attached hydrogen (secondary N) is 1. The first-order valence-corrected chi connectivity index (χ1v) is 8.81. The first kappa shape index (κ1) is 16.1. The van der Waals surface area contributed by atoms with Gasteiger partial charge in [0.25, 0.3) is 5.91 Å². The summed E-state index contributed by atoms with van der Waals surface area (Å²) in [5.74, 6) is -0.888. The maximum Gasteiger partial charge on any atom is 0.258 e. The second-order valence-electron chi connectivity index (χ2n) is 4.94. The minimum Gasteiger partial charge on any atom is -0.298 e. The SMILES string of the molecule is Cc1cc(-c2csc(NC(=O)c3ccc(F)cc3Cl)n2)c(C)s1. The third-order valence-corrected chi connectivity index (χ3v) is 5.25. The molecule has 7 heteroatoms. The number of thiazole rings is 1. The van der Waals surface area contributed by atoms with Gasteiger partial charge in [0.15, 0.2) is 5.13 Å². The zero-order chi connectivity index (χ0) is 16.6. The minimum atomic E-state index is -0.480. The van der Waals surface area contributed by atoms with Crippen LogP contribution in [0.3, 0.4) is 0 Å². The maximum atomic E-state index is 13.0. The molecule has 3 aromatic rings. The molecule has 1 aromatic carbocycles. The minimum absolute atomic E-state index is 0.0728. The number of halogens is 2. The topological polar surface area (TPSA) is 42.0 Å². The van der Waals surface area contributed by atoms with Gasteiger partial charge < -0.3 is 0 Å². The number of hydrogen-bond donors (Lipinski definition) is 1. The van der Waals surface area contributed by atoms with Crippen molar-refractivity contribution < 1.29 is 9.18 Å². The van der Waals surface area contributed by atoms with Crippen LogP contribution in [0.4, 0.5) is 9.52 Å². The summed E-state index contributed by atoms with van der Waals surface area (Å²) in [5.41, 5.74) is 2.12. The lowest BCUT2D eigenvalue weighted by molar-refractivity contribution is 0.102. The monoisotopic (exact) mass is 366 g/mol. The first-order chi connectivity index (χ1) is 10.9. The molecule has 23 heavy (non-hydrogen) atoms. The summed E-state index contributed by atoms with van der Waals surface area (Å²) in [6.45, 7) is 4.09. The Hall–Kier alpha value is -1.76. The highest BCUT2D eigenvalue weighted by Gasteiger charge is 2.15. The molecule has 2 heterocycles. The Bertz CT molecular complexity index is 888. The molecule has 3 rings (SSSR count). The van der Waals surface area contributed by atoms with Crippen LogP contribution in [0.5, 0.6) is 0 Å². The number of thiophene rings is 1. The first-order valence-electron chi connectivity index (χ1n) is 6.73. The zero-order valence-corrected chi connectivity index (χ0v) is 14.7. The molecule has 2 aromatic heterocycles. The van der Waals surface area contributed by atoms with Gasteiger partial charge in [0.1, 0.15) is 5.82 Å². The van der Waals surface area contributed by atoms with E-state index in [1.165, 1.54) is 33.2 Å². The number of benzene rings is 1. The average Bonchev–Trinajstić information content (AvgIpc) is 3.05. The lowest BCUT2D eigenvalue weighted by Crippen LogP contribution is -2.12. The molecule has 0 saturated heterocycles. The third-order valence-electron chi connectivity index (χ3n) is 3.22. The van der Waals surface area contributed by atoms with Crippen molar-refractivity contribution in [1.82, 2.24) is 4.98 Å². The molecule has 0 bridgehead atoms. The highest BCUT2D eigenvalue weighted by Crippen LogP contribution is 2.32. The molecule has 0 aliphatic rings. The summed E-state index contributed by atoms with van der Waals surface area (Å²) in [4.78, 5) is 19.1. The molecule has 1 N–H and O–H groups in total. The van der Waals surface area contributed by atoms with Crippen molar-refractivity contribution in [2.75, 3.05) is 5.32 Å². The molecular weight excluding hydrogens is 355 g/mol. The molecule has 0 spiro atoms. The lowest BCUT2D eigenvalue weighted by Gasteiger charge is -2.04. The number of aryl methyl sites for hydroxylation is 2. The second-order valence-corrected chi connectivity index (χ2v) is 7.67. The quantitative estimate of drug-likeness (QED) is 0.661. The Morgan fingerprint density at radius 2 is 2.09 bits per heavy atom. The van der Waals surface area contributed by atoms with Gasteiger partial charge in [-0.3, -0.25) is 10.1 Å². The van der Waals surface area contributed by atoms with E-state index in [2.05, 4.69) is 16.4 Å². The second kappa shape index (κ2) is 6.39. The van der Waals surface area contributed by atoms with Crippen molar-refractivity contribution in [3.63, 3.8) is 0 Å². The van der Waals surface area contributed by atoms with Crippen LogP contribution in [-0.2, 0) is 0 Å². The summed E-state index contributed by atoms with van der Waals surface area (Å²) in [7, 11) is 0. The molecule has 0 aliphatic heterocycles. The van der Waals surface area contributed by atoms with Crippen LogP contribution >= 0.6 is 34.3 Å². The molecular formula is C16H12ClFN2OS2. The number of carbonyl (C=O) groups is 1. The van der Waals surface area contributed by atoms with Crippen molar-refractivity contribution >= 4 is 45.3 Å². The fourth-order valence-corrected chi connectivity index (χ4v) is 4.07. The Balaban J connectivity index is 1.81. The van der Waals surface area contributed by atoms with Gasteiger partial charge in [-0.2, -0.15) is 0 Å². The van der Waals surface area contributed by atoms with E-state index in [1.54, 1.807) is 11.3 Å². The number of aromatic nitrogens is 1. The normalized spacial score (nSPS) is 10.8. The maximum absolute atomic E-state index is 13.0. The smallest absolute Gasteiger partial charge is 0.258 e. The third kappa shape index (κ3) is 3.44. The van der Waals surface area contributed by atoms with Crippen LogP contribution in [0.1, 0.15) is 20.1 Å². The summed E-state index contributed by atoms with van der Waals surface area (Å²) < 4.78 is 13.0. The van der Waals surface area contributed by atoms with Crippen LogP contribution in [0.25, 0.3) is 11.3 Å². The number of carbonyl (C=O) groups excluding carboxylic acids is 1. The van der Waals surface area contributed by atoms with E-state index >= 15 is 0 Å². The van der Waals surface area contributed by atoms with Gasteiger partial charge in [-0.15, -0.1) is 22.7 Å². The molecule has 118 valence electrons. The summed E-state index contributed by atoms with van der Waals surface area (Å²) >= 11 is 8.95. The van der Waals surface area contributed by atoms with Gasteiger partial charge in [0.05, 0.1) is 16.3 Å². The van der Waals surface area contributed by atoms with Crippen LogP contribution < -0.4 is 5.32 Å². The largest absolute Gasteiger partial charge is 0.298 e. The van der Waals surface area contributed by atoms with E-state index in [-0.39, 0.29) is 10.6 Å².